The van der Waals surface area contributed by atoms with Gasteiger partial charge in [-0.25, -0.2) is 0 Å². The zero-order valence-electron chi connectivity index (χ0n) is 35.0. The highest BCUT2D eigenvalue weighted by atomic mass is 16.5. The first-order valence-electron chi connectivity index (χ1n) is 21.3. The van der Waals surface area contributed by atoms with E-state index >= 15 is 4.79 Å². The fraction of sp³-hybridized carbons (Fsp3) is 0.451. The van der Waals surface area contributed by atoms with Crippen LogP contribution in [0.1, 0.15) is 80.3 Å². The largest absolute Gasteiger partial charge is 0.497 e. The number of Topliss-reactive ketones (excluding diaryl/α,β-unsaturated/α-hetero) is 1. The van der Waals surface area contributed by atoms with E-state index in [0.717, 1.165) is 59.6 Å². The fourth-order valence-electron chi connectivity index (χ4n) is 13.0. The van der Waals surface area contributed by atoms with Crippen molar-refractivity contribution in [2.45, 2.75) is 83.5 Å². The van der Waals surface area contributed by atoms with Crippen LogP contribution in [0.5, 0.6) is 17.2 Å². The van der Waals surface area contributed by atoms with Crippen LogP contribution in [0.2, 0.25) is 0 Å². The van der Waals surface area contributed by atoms with Gasteiger partial charge in [0.15, 0.2) is 17.3 Å². The topological polar surface area (TPSA) is 106 Å². The maximum absolute atomic E-state index is 15.0. The molecule has 308 valence electrons. The van der Waals surface area contributed by atoms with Crippen LogP contribution in [0, 0.1) is 33.5 Å². The summed E-state index contributed by atoms with van der Waals surface area (Å²) in [6.45, 7) is 5.14. The molecular weight excluding hydrogens is 739 g/mol. The smallest absolute Gasteiger partial charge is 0.227 e. The summed E-state index contributed by atoms with van der Waals surface area (Å²) in [6, 6.07) is 27.4. The number of aliphatic hydroxyl groups excluding tert-OH is 1. The number of benzene rings is 4. The Labute approximate surface area is 347 Å². The Morgan fingerprint density at radius 3 is 2.25 bits per heavy atom. The fourth-order valence-corrected chi connectivity index (χ4v) is 13.0. The van der Waals surface area contributed by atoms with Crippen LogP contribution in [-0.2, 0) is 17.8 Å². The summed E-state index contributed by atoms with van der Waals surface area (Å²) < 4.78 is 16.5. The highest BCUT2D eigenvalue weighted by Gasteiger charge is 2.74. The van der Waals surface area contributed by atoms with E-state index in [1.54, 1.807) is 21.3 Å². The molecule has 4 aromatic rings. The van der Waals surface area contributed by atoms with Crippen LogP contribution in [-0.4, -0.2) is 66.4 Å². The van der Waals surface area contributed by atoms with Crippen molar-refractivity contribution >= 4 is 22.5 Å². The van der Waals surface area contributed by atoms with Crippen LogP contribution in [0.25, 0.3) is 10.8 Å². The molecule has 1 amide bonds. The van der Waals surface area contributed by atoms with Gasteiger partial charge in [0, 0.05) is 33.9 Å². The molecule has 1 unspecified atom stereocenters. The van der Waals surface area contributed by atoms with Crippen molar-refractivity contribution in [1.29, 1.82) is 0 Å². The van der Waals surface area contributed by atoms with Gasteiger partial charge in [-0.3, -0.25) is 9.59 Å². The summed E-state index contributed by atoms with van der Waals surface area (Å²) in [4.78, 5) is 31.7. The van der Waals surface area contributed by atoms with Gasteiger partial charge >= 0.3 is 0 Å². The van der Waals surface area contributed by atoms with Crippen LogP contribution in [0.3, 0.4) is 0 Å². The maximum atomic E-state index is 15.0. The number of allylic oxidation sites excluding steroid dienone is 4. The zero-order valence-corrected chi connectivity index (χ0v) is 35.0. The summed E-state index contributed by atoms with van der Waals surface area (Å²) >= 11 is 0. The Bertz CT molecular complexity index is 2360. The molecule has 0 saturated heterocycles. The second-order valence-corrected chi connectivity index (χ2v) is 18.6. The highest BCUT2D eigenvalue weighted by molar-refractivity contribution is 6.10. The first-order valence-corrected chi connectivity index (χ1v) is 21.3. The molecular formula is C51H57NO7. The number of ketones is 1. The van der Waals surface area contributed by atoms with Crippen LogP contribution in [0.15, 0.2) is 109 Å². The normalized spacial score (nSPS) is 32.7. The zero-order chi connectivity index (χ0) is 41.4. The number of fused-ring (bicyclic) bond motifs is 2. The number of amides is 1. The van der Waals surface area contributed by atoms with Gasteiger partial charge in [-0.2, -0.15) is 0 Å². The Kier molecular flexibility index (Phi) is 9.63. The van der Waals surface area contributed by atoms with E-state index in [4.69, 9.17) is 14.2 Å². The lowest BCUT2D eigenvalue weighted by Crippen LogP contribution is -2.67. The van der Waals surface area contributed by atoms with Crippen LogP contribution in [0.4, 0.5) is 0 Å². The van der Waals surface area contributed by atoms with Crippen molar-refractivity contribution in [2.24, 2.45) is 33.5 Å². The van der Waals surface area contributed by atoms with Crippen molar-refractivity contribution in [3.8, 4) is 17.2 Å². The van der Waals surface area contributed by atoms with Gasteiger partial charge in [0.05, 0.1) is 46.0 Å². The highest BCUT2D eigenvalue weighted by Crippen LogP contribution is 2.78. The third-order valence-corrected chi connectivity index (χ3v) is 16.2. The van der Waals surface area contributed by atoms with Gasteiger partial charge in [-0.1, -0.05) is 80.6 Å². The predicted molar refractivity (Wildman–Crippen MR) is 228 cm³/mol. The van der Waals surface area contributed by atoms with E-state index in [2.05, 4.69) is 56.3 Å². The second kappa shape index (κ2) is 14.4. The monoisotopic (exact) mass is 795 g/mol. The second-order valence-electron chi connectivity index (χ2n) is 18.6. The molecule has 59 heavy (non-hydrogen) atoms. The molecule has 8 atom stereocenters. The molecule has 0 aromatic heterocycles. The number of carbonyl (C=O) groups is 2. The third kappa shape index (κ3) is 5.91. The van der Waals surface area contributed by atoms with E-state index < -0.39 is 27.9 Å². The minimum atomic E-state index is -1.23. The van der Waals surface area contributed by atoms with Crippen molar-refractivity contribution < 1.29 is 34.0 Å². The summed E-state index contributed by atoms with van der Waals surface area (Å²) in [7, 11) is 4.81. The molecule has 4 aromatic carbocycles. The van der Waals surface area contributed by atoms with Crippen molar-refractivity contribution in [1.82, 2.24) is 4.90 Å². The van der Waals surface area contributed by atoms with Crippen molar-refractivity contribution in [3.05, 3.63) is 125 Å². The average Bonchev–Trinajstić information content (AvgIpc) is 3.52. The Morgan fingerprint density at radius 1 is 0.780 bits per heavy atom. The SMILES string of the molecule is COc1ccc(C(=O)C2=C[C@@]34C=C[C@@]25[C@@H]2CC[C@@](O)(CN(Cc6cccc7ccccc67)C(=O)Cc6ccc(OC)c(OC)c6)[C@@]2(C)CC[C@@H]5[C@@]3(C)CCC(O)C4)cc1. The number of nitrogens with zero attached hydrogens (tertiary/aromatic N) is 1. The maximum Gasteiger partial charge on any atom is 0.227 e. The molecule has 3 saturated carbocycles. The van der Waals surface area contributed by atoms with E-state index in [1.165, 1.54) is 0 Å². The van der Waals surface area contributed by atoms with Gasteiger partial charge < -0.3 is 29.3 Å². The first-order chi connectivity index (χ1) is 28.3. The summed E-state index contributed by atoms with van der Waals surface area (Å²) in [5, 5.41) is 26.7. The number of rotatable bonds is 11. The molecule has 8 heteroatoms. The van der Waals surface area contributed by atoms with E-state index in [-0.39, 0.29) is 41.9 Å². The number of aliphatic hydroxyl groups is 2. The predicted octanol–water partition coefficient (Wildman–Crippen LogP) is 8.91. The Morgan fingerprint density at radius 2 is 1.49 bits per heavy atom. The third-order valence-electron chi connectivity index (χ3n) is 16.2. The van der Waals surface area contributed by atoms with Gasteiger partial charge in [0.25, 0.3) is 0 Å². The molecule has 2 bridgehead atoms. The number of hydrogen-bond donors (Lipinski definition) is 2. The van der Waals surface area contributed by atoms with Gasteiger partial charge in [0.2, 0.25) is 5.91 Å². The molecule has 0 radical (unpaired) electrons. The Balaban J connectivity index is 1.11. The summed E-state index contributed by atoms with van der Waals surface area (Å²) in [5.41, 5.74) is 0.206. The van der Waals surface area contributed by atoms with E-state index in [1.807, 2.05) is 65.6 Å². The molecule has 6 aliphatic carbocycles. The van der Waals surface area contributed by atoms with Gasteiger partial charge in [-0.05, 0) is 120 Å². The molecule has 3 fully saturated rings. The minimum absolute atomic E-state index is 0.00543. The number of carbonyl (C=O) groups excluding carboxylic acids is 2. The first kappa shape index (κ1) is 39.5. The molecule has 2 spiro atoms. The average molecular weight is 796 g/mol. The number of methoxy groups -OCH3 is 3. The van der Waals surface area contributed by atoms with Gasteiger partial charge in [0.1, 0.15) is 5.75 Å². The molecule has 2 N–H and O–H groups in total. The molecule has 0 aliphatic heterocycles. The van der Waals surface area contributed by atoms with E-state index in [0.29, 0.717) is 42.2 Å². The Hall–Kier alpha value is -4.92. The van der Waals surface area contributed by atoms with Crippen LogP contribution < -0.4 is 14.2 Å². The quantitative estimate of drug-likeness (QED) is 0.115. The van der Waals surface area contributed by atoms with Crippen molar-refractivity contribution in [3.63, 3.8) is 0 Å². The lowest BCUT2D eigenvalue weighted by molar-refractivity contribution is -0.178. The lowest BCUT2D eigenvalue weighted by atomic mass is 9.32. The van der Waals surface area contributed by atoms with Crippen molar-refractivity contribution in [2.75, 3.05) is 27.9 Å². The standard InChI is InChI=1S/C51H57NO7/c1-47-22-19-37(53)29-49(47)25-26-51(40(30-49)46(55)35-14-16-38(57-3)17-15-35)43(47)20-23-48(2)44(51)21-24-50(48,56)32-52(31-36-11-8-10-34-9-6-7-12-39(34)36)45(54)28-33-13-18-41(58-4)42(27-33)59-5/h6-18,25-27,30,37,43-44,53,56H,19-24,28-29,31-32H2,1-5H3/t37?,43-,44-,47-,48+,49+,50-,51-/m1/s1. The number of hydrogen-bond acceptors (Lipinski definition) is 7. The molecule has 0 heterocycles. The van der Waals surface area contributed by atoms with Crippen LogP contribution >= 0.6 is 0 Å². The number of ether oxygens (including phenoxy) is 3. The molecule has 10 rings (SSSR count). The lowest BCUT2D eigenvalue weighted by Gasteiger charge is -2.71. The van der Waals surface area contributed by atoms with E-state index in [9.17, 15) is 15.0 Å². The minimum Gasteiger partial charge on any atom is -0.497 e. The molecule has 6 aliphatic rings. The summed E-state index contributed by atoms with van der Waals surface area (Å²) in [6.07, 6.45) is 11.7. The van der Waals surface area contributed by atoms with Gasteiger partial charge in [-0.15, -0.1) is 0 Å². The molecule has 8 nitrogen and oxygen atoms in total. The summed E-state index contributed by atoms with van der Waals surface area (Å²) in [5.74, 6) is 1.88.